The monoisotopic (exact) mass is 294 g/mol. The van der Waals surface area contributed by atoms with Crippen molar-refractivity contribution in [3.05, 3.63) is 34.3 Å². The number of fused-ring (bicyclic) bond motifs is 1. The van der Waals surface area contributed by atoms with Crippen molar-refractivity contribution in [2.75, 3.05) is 12.3 Å². The zero-order valence-electron chi connectivity index (χ0n) is 9.24. The molecule has 1 heterocycles. The van der Waals surface area contributed by atoms with E-state index in [1.165, 1.54) is 0 Å². The Morgan fingerprint density at radius 2 is 2.29 bits per heavy atom. The Morgan fingerprint density at radius 1 is 1.53 bits per heavy atom. The van der Waals surface area contributed by atoms with Crippen LogP contribution in [0.1, 0.15) is 17.3 Å². The minimum atomic E-state index is -0.449. The molecule has 0 spiro atoms. The first-order chi connectivity index (χ1) is 8.13. The molecule has 0 amide bonds. The number of nitrogen functional groups attached to an aromatic ring is 1. The van der Waals surface area contributed by atoms with Gasteiger partial charge in [-0.25, -0.2) is 9.78 Å². The first-order valence-electron chi connectivity index (χ1n) is 5.15. The zero-order valence-corrected chi connectivity index (χ0v) is 10.8. The number of carbonyl (C=O) groups is 1. The van der Waals surface area contributed by atoms with Crippen LogP contribution in [-0.4, -0.2) is 17.6 Å². The van der Waals surface area contributed by atoms with E-state index in [0.29, 0.717) is 12.2 Å². The largest absolute Gasteiger partial charge is 0.462 e. The number of aromatic nitrogens is 1. The molecule has 2 rings (SSSR count). The predicted octanol–water partition coefficient (Wildman–Crippen LogP) is 2.76. The highest BCUT2D eigenvalue weighted by Crippen LogP contribution is 2.26. The van der Waals surface area contributed by atoms with Gasteiger partial charge in [-0.2, -0.15) is 0 Å². The molecule has 2 aromatic rings. The molecular formula is C12H11BrN2O2. The molecule has 2 N–H and O–H groups in total. The van der Waals surface area contributed by atoms with Crippen LogP contribution in [0.15, 0.2) is 28.7 Å². The number of carbonyl (C=O) groups excluding carboxylic acids is 1. The van der Waals surface area contributed by atoms with Crippen LogP contribution in [0.25, 0.3) is 10.9 Å². The summed E-state index contributed by atoms with van der Waals surface area (Å²) in [5.74, 6) is -0.260. The molecular weight excluding hydrogens is 284 g/mol. The van der Waals surface area contributed by atoms with Gasteiger partial charge in [0.1, 0.15) is 11.4 Å². The molecule has 4 nitrogen and oxygen atoms in total. The molecule has 0 bridgehead atoms. The third kappa shape index (κ3) is 2.24. The Balaban J connectivity index is 2.61. The Hall–Kier alpha value is -1.62. The molecule has 1 aromatic carbocycles. The molecule has 0 saturated carbocycles. The molecule has 0 aliphatic carbocycles. The summed E-state index contributed by atoms with van der Waals surface area (Å²) in [6, 6.07) is 7.28. The lowest BCUT2D eigenvalue weighted by atomic mass is 10.1. The highest BCUT2D eigenvalue weighted by atomic mass is 79.9. The second kappa shape index (κ2) is 4.71. The van der Waals surface area contributed by atoms with E-state index in [4.69, 9.17) is 10.5 Å². The van der Waals surface area contributed by atoms with Crippen LogP contribution in [0, 0.1) is 0 Å². The fraction of sp³-hybridized carbons (Fsp3) is 0.167. The van der Waals surface area contributed by atoms with E-state index in [9.17, 15) is 4.79 Å². The van der Waals surface area contributed by atoms with Gasteiger partial charge in [-0.05, 0) is 25.1 Å². The van der Waals surface area contributed by atoms with Gasteiger partial charge in [0.05, 0.1) is 12.1 Å². The Kier molecular flexibility index (Phi) is 3.28. The maximum absolute atomic E-state index is 11.7. The van der Waals surface area contributed by atoms with Gasteiger partial charge in [0.15, 0.2) is 0 Å². The van der Waals surface area contributed by atoms with Crippen LogP contribution < -0.4 is 5.73 Å². The Morgan fingerprint density at radius 3 is 3.00 bits per heavy atom. The molecule has 0 aliphatic rings. The minimum Gasteiger partial charge on any atom is -0.462 e. The van der Waals surface area contributed by atoms with Crippen molar-refractivity contribution in [1.29, 1.82) is 0 Å². The normalized spacial score (nSPS) is 10.5. The lowest BCUT2D eigenvalue weighted by molar-refractivity contribution is 0.0527. The predicted molar refractivity (Wildman–Crippen MR) is 69.8 cm³/mol. The van der Waals surface area contributed by atoms with Crippen LogP contribution in [0.5, 0.6) is 0 Å². The van der Waals surface area contributed by atoms with Gasteiger partial charge in [-0.15, -0.1) is 0 Å². The van der Waals surface area contributed by atoms with Gasteiger partial charge in [-0.3, -0.25) is 0 Å². The summed E-state index contributed by atoms with van der Waals surface area (Å²) in [6.45, 7) is 2.06. The van der Waals surface area contributed by atoms with Crippen LogP contribution in [0.2, 0.25) is 0 Å². The lowest BCUT2D eigenvalue weighted by Gasteiger charge is -2.07. The first kappa shape index (κ1) is 11.9. The van der Waals surface area contributed by atoms with Crippen LogP contribution in [-0.2, 0) is 4.74 Å². The molecule has 5 heteroatoms. The van der Waals surface area contributed by atoms with Crippen molar-refractivity contribution in [3.63, 3.8) is 0 Å². The van der Waals surface area contributed by atoms with Crippen molar-refractivity contribution < 1.29 is 9.53 Å². The summed E-state index contributed by atoms with van der Waals surface area (Å²) in [4.78, 5) is 15.8. The van der Waals surface area contributed by atoms with E-state index in [-0.39, 0.29) is 5.82 Å². The standard InChI is InChI=1S/C12H11BrN2O2/c1-2-17-12(16)8-6-7-9(13)4-3-5-10(7)15-11(8)14/h3-6H,2H2,1H3,(H2,14,15). The van der Waals surface area contributed by atoms with Crippen molar-refractivity contribution in [3.8, 4) is 0 Å². The van der Waals surface area contributed by atoms with E-state index < -0.39 is 5.97 Å². The van der Waals surface area contributed by atoms with E-state index >= 15 is 0 Å². The van der Waals surface area contributed by atoms with Crippen molar-refractivity contribution in [2.24, 2.45) is 0 Å². The fourth-order valence-electron chi connectivity index (χ4n) is 1.55. The average Bonchev–Trinajstić information content (AvgIpc) is 2.29. The quantitative estimate of drug-likeness (QED) is 0.865. The second-order valence-electron chi connectivity index (χ2n) is 3.45. The van der Waals surface area contributed by atoms with Crippen LogP contribution in [0.3, 0.4) is 0 Å². The summed E-state index contributed by atoms with van der Waals surface area (Å²) < 4.78 is 5.79. The second-order valence-corrected chi connectivity index (χ2v) is 4.30. The molecule has 0 radical (unpaired) electrons. The van der Waals surface area contributed by atoms with Gasteiger partial charge in [0.2, 0.25) is 0 Å². The molecule has 88 valence electrons. The number of benzene rings is 1. The molecule has 0 saturated heterocycles. The molecule has 1 aromatic heterocycles. The highest BCUT2D eigenvalue weighted by molar-refractivity contribution is 9.10. The summed E-state index contributed by atoms with van der Waals surface area (Å²) in [5, 5.41) is 0.838. The van der Waals surface area contributed by atoms with Gasteiger partial charge < -0.3 is 10.5 Å². The number of rotatable bonds is 2. The minimum absolute atomic E-state index is 0.189. The number of pyridine rings is 1. The number of halogens is 1. The van der Waals surface area contributed by atoms with E-state index in [1.54, 1.807) is 13.0 Å². The van der Waals surface area contributed by atoms with Crippen LogP contribution in [0.4, 0.5) is 5.82 Å². The van der Waals surface area contributed by atoms with Gasteiger partial charge >= 0.3 is 5.97 Å². The number of hydrogen-bond donors (Lipinski definition) is 1. The molecule has 0 aliphatic heterocycles. The average molecular weight is 295 g/mol. The topological polar surface area (TPSA) is 65.2 Å². The third-order valence-corrected chi connectivity index (χ3v) is 3.02. The summed E-state index contributed by atoms with van der Waals surface area (Å²) >= 11 is 3.41. The zero-order chi connectivity index (χ0) is 12.4. The van der Waals surface area contributed by atoms with E-state index in [1.807, 2.05) is 18.2 Å². The highest BCUT2D eigenvalue weighted by Gasteiger charge is 2.14. The number of hydrogen-bond acceptors (Lipinski definition) is 4. The van der Waals surface area contributed by atoms with Crippen molar-refractivity contribution >= 4 is 38.6 Å². The smallest absolute Gasteiger partial charge is 0.341 e. The van der Waals surface area contributed by atoms with Crippen LogP contribution >= 0.6 is 15.9 Å². The van der Waals surface area contributed by atoms with E-state index in [2.05, 4.69) is 20.9 Å². The lowest BCUT2D eigenvalue weighted by Crippen LogP contribution is -2.09. The maximum atomic E-state index is 11.7. The first-order valence-corrected chi connectivity index (χ1v) is 5.94. The maximum Gasteiger partial charge on any atom is 0.341 e. The summed E-state index contributed by atoms with van der Waals surface area (Å²) in [6.07, 6.45) is 0. The summed E-state index contributed by atoms with van der Waals surface area (Å²) in [5.41, 5.74) is 6.78. The van der Waals surface area contributed by atoms with Crippen molar-refractivity contribution in [2.45, 2.75) is 6.92 Å². The molecule has 0 unspecified atom stereocenters. The van der Waals surface area contributed by atoms with Gasteiger partial charge in [-0.1, -0.05) is 22.0 Å². The fourth-order valence-corrected chi connectivity index (χ4v) is 2.02. The number of esters is 1. The Bertz CT molecular complexity index is 584. The number of nitrogens with zero attached hydrogens (tertiary/aromatic N) is 1. The number of anilines is 1. The van der Waals surface area contributed by atoms with Crippen molar-refractivity contribution in [1.82, 2.24) is 4.98 Å². The molecule has 0 fully saturated rings. The number of nitrogens with two attached hydrogens (primary N) is 1. The summed E-state index contributed by atoms with van der Waals surface area (Å²) in [7, 11) is 0. The van der Waals surface area contributed by atoms with E-state index in [0.717, 1.165) is 15.4 Å². The molecule has 0 atom stereocenters. The SMILES string of the molecule is CCOC(=O)c1cc2c(Br)cccc2nc1N. The van der Waals surface area contributed by atoms with Gasteiger partial charge in [0.25, 0.3) is 0 Å². The number of ether oxygens (including phenoxy) is 1. The van der Waals surface area contributed by atoms with Gasteiger partial charge in [0, 0.05) is 9.86 Å². The molecule has 17 heavy (non-hydrogen) atoms. The third-order valence-electron chi connectivity index (χ3n) is 2.33. The Labute approximate surface area is 107 Å².